The number of ether oxygens (including phenoxy) is 1. The van der Waals surface area contributed by atoms with Crippen molar-refractivity contribution >= 4 is 11.9 Å². The third kappa shape index (κ3) is 5.90. The predicted molar refractivity (Wildman–Crippen MR) is 111 cm³/mol. The summed E-state index contributed by atoms with van der Waals surface area (Å²) in [5.41, 5.74) is 2.55. The maximum absolute atomic E-state index is 11.9. The van der Waals surface area contributed by atoms with Gasteiger partial charge in [-0.1, -0.05) is 18.2 Å². The summed E-state index contributed by atoms with van der Waals surface area (Å²) >= 11 is 0. The van der Waals surface area contributed by atoms with Gasteiger partial charge in [-0.15, -0.1) is 0 Å². The maximum Gasteiger partial charge on any atom is 0.253 e. The average Bonchev–Trinajstić information content (AvgIpc) is 2.71. The van der Waals surface area contributed by atoms with Gasteiger partial charge in [0.25, 0.3) is 5.91 Å². The molecule has 0 saturated heterocycles. The van der Waals surface area contributed by atoms with Crippen LogP contribution in [0.1, 0.15) is 21.5 Å². The van der Waals surface area contributed by atoms with Crippen LogP contribution >= 0.6 is 0 Å². The van der Waals surface area contributed by atoms with E-state index in [0.29, 0.717) is 36.8 Å². The van der Waals surface area contributed by atoms with Gasteiger partial charge in [0.15, 0.2) is 5.96 Å². The fourth-order valence-corrected chi connectivity index (χ4v) is 2.63. The number of amides is 1. The van der Waals surface area contributed by atoms with Crippen molar-refractivity contribution in [3.63, 3.8) is 0 Å². The van der Waals surface area contributed by atoms with Crippen LogP contribution in [0.5, 0.6) is 11.5 Å². The molecule has 3 N–H and O–H groups in total. The van der Waals surface area contributed by atoms with Gasteiger partial charge in [0.05, 0.1) is 7.11 Å². The quantitative estimate of drug-likeness (QED) is 0.502. The summed E-state index contributed by atoms with van der Waals surface area (Å²) in [5, 5.41) is 16.5. The number of nitrogens with one attached hydrogen (secondary N) is 2. The highest BCUT2D eigenvalue weighted by atomic mass is 16.5. The van der Waals surface area contributed by atoms with E-state index in [-0.39, 0.29) is 11.7 Å². The number of methoxy groups -OCH3 is 1. The first-order chi connectivity index (χ1) is 13.4. The molecule has 0 fully saturated rings. The van der Waals surface area contributed by atoms with Gasteiger partial charge in [0, 0.05) is 45.9 Å². The van der Waals surface area contributed by atoms with Crippen molar-refractivity contribution < 1.29 is 14.6 Å². The largest absolute Gasteiger partial charge is 0.508 e. The Kier molecular flexibility index (Phi) is 7.68. The van der Waals surface area contributed by atoms with E-state index in [1.165, 1.54) is 0 Å². The number of nitrogens with zero attached hydrogens (tertiary/aromatic N) is 2. The van der Waals surface area contributed by atoms with Gasteiger partial charge in [-0.2, -0.15) is 0 Å². The van der Waals surface area contributed by atoms with Crippen LogP contribution in [0.4, 0.5) is 0 Å². The molecule has 0 aliphatic rings. The Bertz CT molecular complexity index is 817. The van der Waals surface area contributed by atoms with Crippen LogP contribution < -0.4 is 15.4 Å². The number of benzene rings is 2. The average molecular weight is 384 g/mol. The number of phenols is 1. The van der Waals surface area contributed by atoms with E-state index in [1.807, 2.05) is 36.4 Å². The molecule has 150 valence electrons. The number of aliphatic imine (C=N–C) groups is 1. The topological polar surface area (TPSA) is 86.2 Å². The van der Waals surface area contributed by atoms with Crippen molar-refractivity contribution in [2.75, 3.05) is 34.8 Å². The Morgan fingerprint density at radius 1 is 1.14 bits per heavy atom. The second-order valence-electron chi connectivity index (χ2n) is 6.49. The molecule has 28 heavy (non-hydrogen) atoms. The number of guanidine groups is 1. The minimum atomic E-state index is -0.0150. The molecule has 1 amide bonds. The fraction of sp³-hybridized carbons (Fsp3) is 0.333. The van der Waals surface area contributed by atoms with Crippen LogP contribution in [-0.4, -0.2) is 56.7 Å². The Hall–Kier alpha value is -3.22. The van der Waals surface area contributed by atoms with E-state index in [4.69, 9.17) is 4.74 Å². The molecule has 0 spiro atoms. The molecule has 2 rings (SSSR count). The van der Waals surface area contributed by atoms with Crippen molar-refractivity contribution in [1.82, 2.24) is 15.5 Å². The highest BCUT2D eigenvalue weighted by Gasteiger charge is 2.07. The zero-order valence-electron chi connectivity index (χ0n) is 16.8. The number of rotatable bonds is 7. The van der Waals surface area contributed by atoms with Crippen molar-refractivity contribution in [1.29, 1.82) is 0 Å². The lowest BCUT2D eigenvalue weighted by atomic mass is 10.1. The minimum absolute atomic E-state index is 0.0150. The predicted octanol–water partition coefficient (Wildman–Crippen LogP) is 2.01. The van der Waals surface area contributed by atoms with Gasteiger partial charge in [-0.05, 0) is 35.7 Å². The number of hydrogen-bond acceptors (Lipinski definition) is 4. The number of phenolic OH excluding ortho intramolecular Hbond substituents is 1. The summed E-state index contributed by atoms with van der Waals surface area (Å²) in [7, 11) is 6.75. The molecule has 0 aliphatic carbocycles. The normalized spacial score (nSPS) is 11.1. The van der Waals surface area contributed by atoms with E-state index >= 15 is 0 Å². The van der Waals surface area contributed by atoms with Crippen LogP contribution in [0.25, 0.3) is 0 Å². The van der Waals surface area contributed by atoms with Crippen LogP contribution in [0.15, 0.2) is 47.5 Å². The lowest BCUT2D eigenvalue weighted by molar-refractivity contribution is 0.0827. The van der Waals surface area contributed by atoms with Crippen molar-refractivity contribution in [2.45, 2.75) is 13.0 Å². The van der Waals surface area contributed by atoms with E-state index in [9.17, 15) is 9.90 Å². The molecule has 0 radical (unpaired) electrons. The number of hydrogen-bond donors (Lipinski definition) is 3. The lowest BCUT2D eigenvalue weighted by Gasteiger charge is -2.13. The number of carbonyl (C=O) groups is 1. The van der Waals surface area contributed by atoms with Crippen LogP contribution in [0.2, 0.25) is 0 Å². The molecule has 7 heteroatoms. The third-order valence-corrected chi connectivity index (χ3v) is 4.27. The van der Waals surface area contributed by atoms with Crippen LogP contribution in [-0.2, 0) is 13.0 Å². The van der Waals surface area contributed by atoms with Gasteiger partial charge < -0.3 is 25.4 Å². The summed E-state index contributed by atoms with van der Waals surface area (Å²) in [4.78, 5) is 17.7. The van der Waals surface area contributed by atoms with Gasteiger partial charge >= 0.3 is 0 Å². The molecule has 2 aromatic carbocycles. The first kappa shape index (κ1) is 21.1. The smallest absolute Gasteiger partial charge is 0.253 e. The molecule has 0 saturated carbocycles. The molecule has 0 atom stereocenters. The van der Waals surface area contributed by atoms with Crippen LogP contribution in [0, 0.1) is 0 Å². The highest BCUT2D eigenvalue weighted by molar-refractivity contribution is 5.93. The third-order valence-electron chi connectivity index (χ3n) is 4.27. The summed E-state index contributed by atoms with van der Waals surface area (Å²) in [5.74, 6) is 1.50. The summed E-state index contributed by atoms with van der Waals surface area (Å²) < 4.78 is 5.09. The molecule has 0 heterocycles. The minimum Gasteiger partial charge on any atom is -0.508 e. The molecule has 2 aromatic rings. The van der Waals surface area contributed by atoms with Crippen molar-refractivity contribution in [2.24, 2.45) is 4.99 Å². The lowest BCUT2D eigenvalue weighted by Crippen LogP contribution is -2.37. The second kappa shape index (κ2) is 10.2. The molecule has 7 nitrogen and oxygen atoms in total. The number of aromatic hydroxyl groups is 1. The second-order valence-corrected chi connectivity index (χ2v) is 6.49. The van der Waals surface area contributed by atoms with Gasteiger partial charge in [-0.25, -0.2) is 0 Å². The van der Waals surface area contributed by atoms with Gasteiger partial charge in [0.2, 0.25) is 0 Å². The van der Waals surface area contributed by atoms with E-state index in [2.05, 4.69) is 15.6 Å². The number of carbonyl (C=O) groups excluding carboxylic acids is 1. The molecular weight excluding hydrogens is 356 g/mol. The zero-order chi connectivity index (χ0) is 20.5. The molecule has 0 unspecified atom stereocenters. The molecule has 0 aromatic heterocycles. The summed E-state index contributed by atoms with van der Waals surface area (Å²) in [6, 6.07) is 12.8. The molecular formula is C21H28N4O3. The Labute approximate surface area is 166 Å². The fourth-order valence-electron chi connectivity index (χ4n) is 2.63. The Morgan fingerprint density at radius 3 is 2.43 bits per heavy atom. The summed E-state index contributed by atoms with van der Waals surface area (Å²) in [6.45, 7) is 1.21. The standard InChI is InChI=1S/C21H28N4O3/c1-22-21(23-12-11-16-9-10-18(28-4)13-19(16)26)24-14-15-5-7-17(8-6-15)20(27)25(2)3/h5-10,13,26H,11-12,14H2,1-4H3,(H2,22,23,24). The molecule has 0 aliphatic heterocycles. The Balaban J connectivity index is 1.82. The van der Waals surface area contributed by atoms with E-state index < -0.39 is 0 Å². The maximum atomic E-state index is 11.9. The van der Waals surface area contributed by atoms with Crippen LogP contribution in [0.3, 0.4) is 0 Å². The van der Waals surface area contributed by atoms with Crippen molar-refractivity contribution in [3.8, 4) is 11.5 Å². The van der Waals surface area contributed by atoms with Gasteiger partial charge in [0.1, 0.15) is 11.5 Å². The van der Waals surface area contributed by atoms with E-state index in [1.54, 1.807) is 39.2 Å². The highest BCUT2D eigenvalue weighted by Crippen LogP contribution is 2.23. The van der Waals surface area contributed by atoms with E-state index in [0.717, 1.165) is 11.1 Å². The van der Waals surface area contributed by atoms with Crippen molar-refractivity contribution in [3.05, 3.63) is 59.2 Å². The monoisotopic (exact) mass is 384 g/mol. The zero-order valence-corrected chi connectivity index (χ0v) is 16.8. The first-order valence-electron chi connectivity index (χ1n) is 9.05. The summed E-state index contributed by atoms with van der Waals surface area (Å²) in [6.07, 6.45) is 0.651. The Morgan fingerprint density at radius 2 is 1.86 bits per heavy atom. The first-order valence-corrected chi connectivity index (χ1v) is 9.05. The van der Waals surface area contributed by atoms with Gasteiger partial charge in [-0.3, -0.25) is 9.79 Å². The molecule has 0 bridgehead atoms. The SMILES string of the molecule is CN=C(NCCc1ccc(OC)cc1O)NCc1ccc(C(=O)N(C)C)cc1.